The van der Waals surface area contributed by atoms with Crippen molar-refractivity contribution in [1.82, 2.24) is 9.80 Å². The summed E-state index contributed by atoms with van der Waals surface area (Å²) in [5.41, 5.74) is 2.91. The summed E-state index contributed by atoms with van der Waals surface area (Å²) in [5.74, 6) is 0.551. The number of rotatable bonds is 12. The van der Waals surface area contributed by atoms with Gasteiger partial charge in [0.25, 0.3) is 0 Å². The van der Waals surface area contributed by atoms with E-state index in [1.165, 1.54) is 17.5 Å². The second kappa shape index (κ2) is 11.9. The summed E-state index contributed by atoms with van der Waals surface area (Å²) in [6, 6.07) is 22.7. The summed E-state index contributed by atoms with van der Waals surface area (Å²) in [6.07, 6.45) is 2.32. The van der Waals surface area contributed by atoms with Gasteiger partial charge in [-0.2, -0.15) is 0 Å². The summed E-state index contributed by atoms with van der Waals surface area (Å²) in [5, 5.41) is 0. The van der Waals surface area contributed by atoms with Gasteiger partial charge in [-0.3, -0.25) is 4.90 Å². The lowest BCUT2D eigenvalue weighted by Gasteiger charge is -2.36. The van der Waals surface area contributed by atoms with Crippen molar-refractivity contribution in [3.05, 3.63) is 71.8 Å². The van der Waals surface area contributed by atoms with Crippen molar-refractivity contribution in [3.8, 4) is 0 Å². The summed E-state index contributed by atoms with van der Waals surface area (Å²) in [7, 11) is 0. The third-order valence-corrected chi connectivity index (χ3v) is 5.84. The average molecular weight is 367 g/mol. The van der Waals surface area contributed by atoms with E-state index in [1.807, 2.05) is 0 Å². The van der Waals surface area contributed by atoms with Crippen molar-refractivity contribution in [2.45, 2.75) is 52.5 Å². The molecule has 0 amide bonds. The minimum absolute atomic E-state index is 0.551. The van der Waals surface area contributed by atoms with E-state index in [0.717, 1.165) is 39.1 Å². The molecule has 0 aliphatic rings. The smallest absolute Gasteiger partial charge is 0.0228 e. The van der Waals surface area contributed by atoms with Gasteiger partial charge in [-0.1, -0.05) is 88.4 Å². The van der Waals surface area contributed by atoms with Crippen molar-refractivity contribution in [2.75, 3.05) is 32.7 Å². The van der Waals surface area contributed by atoms with Crippen LogP contribution in [0.25, 0.3) is 0 Å². The molecule has 0 spiro atoms. The molecule has 0 aliphatic heterocycles. The molecule has 0 heterocycles. The molecule has 2 atom stereocenters. The second-order valence-corrected chi connectivity index (χ2v) is 7.39. The van der Waals surface area contributed by atoms with Gasteiger partial charge in [-0.15, -0.1) is 0 Å². The van der Waals surface area contributed by atoms with Crippen LogP contribution in [0.2, 0.25) is 0 Å². The number of hydrogen-bond donors (Lipinski definition) is 0. The number of benzene rings is 2. The average Bonchev–Trinajstić information content (AvgIpc) is 2.73. The van der Waals surface area contributed by atoms with Crippen LogP contribution in [0.5, 0.6) is 0 Å². The highest BCUT2D eigenvalue weighted by molar-refractivity contribution is 5.24. The molecule has 27 heavy (non-hydrogen) atoms. The quantitative estimate of drug-likeness (QED) is 0.492. The minimum atomic E-state index is 0.551. The van der Waals surface area contributed by atoms with E-state index in [0.29, 0.717) is 12.0 Å². The number of likely N-dealkylation sites (N-methyl/N-ethyl adjacent to an activating group) is 2. The molecule has 0 fully saturated rings. The fraction of sp³-hybridized carbons (Fsp3) is 0.520. The van der Waals surface area contributed by atoms with Crippen molar-refractivity contribution < 1.29 is 0 Å². The molecule has 2 heteroatoms. The lowest BCUT2D eigenvalue weighted by molar-refractivity contribution is 0.141. The molecule has 0 aliphatic carbocycles. The Balaban J connectivity index is 2.25. The molecule has 0 aromatic heterocycles. The van der Waals surface area contributed by atoms with Crippen molar-refractivity contribution in [2.24, 2.45) is 0 Å². The molecule has 0 N–H and O–H groups in total. The maximum Gasteiger partial charge on any atom is 0.0228 e. The van der Waals surface area contributed by atoms with E-state index in [2.05, 4.69) is 98.2 Å². The SMILES string of the molecule is CCN(CC)CC(CC(Cc1ccccc1)c1ccccc1)N(CC)CC. The van der Waals surface area contributed by atoms with Crippen LogP contribution >= 0.6 is 0 Å². The summed E-state index contributed by atoms with van der Waals surface area (Å²) in [4.78, 5) is 5.23. The lowest BCUT2D eigenvalue weighted by Crippen LogP contribution is -2.45. The highest BCUT2D eigenvalue weighted by Gasteiger charge is 2.24. The largest absolute Gasteiger partial charge is 0.302 e. The van der Waals surface area contributed by atoms with E-state index in [9.17, 15) is 0 Å². The molecular formula is C25H38N2. The molecule has 0 saturated heterocycles. The highest BCUT2D eigenvalue weighted by Crippen LogP contribution is 2.28. The molecule has 2 aromatic carbocycles. The van der Waals surface area contributed by atoms with Gasteiger partial charge in [0.05, 0.1) is 0 Å². The minimum Gasteiger partial charge on any atom is -0.302 e. The fourth-order valence-electron chi connectivity index (χ4n) is 4.15. The topological polar surface area (TPSA) is 6.48 Å². The van der Waals surface area contributed by atoms with Gasteiger partial charge in [0.15, 0.2) is 0 Å². The van der Waals surface area contributed by atoms with Gasteiger partial charge in [-0.25, -0.2) is 0 Å². The Bertz CT molecular complexity index is 603. The number of hydrogen-bond acceptors (Lipinski definition) is 2. The maximum atomic E-state index is 2.65. The maximum absolute atomic E-state index is 2.65. The highest BCUT2D eigenvalue weighted by atomic mass is 15.2. The predicted octanol–water partition coefficient (Wildman–Crippen LogP) is 5.46. The van der Waals surface area contributed by atoms with E-state index in [1.54, 1.807) is 0 Å². The van der Waals surface area contributed by atoms with Crippen LogP contribution in [0, 0.1) is 0 Å². The van der Waals surface area contributed by atoms with Crippen LogP contribution in [0.4, 0.5) is 0 Å². The zero-order valence-corrected chi connectivity index (χ0v) is 17.8. The third-order valence-electron chi connectivity index (χ3n) is 5.84. The van der Waals surface area contributed by atoms with Crippen LogP contribution in [0.3, 0.4) is 0 Å². The Morgan fingerprint density at radius 1 is 0.704 bits per heavy atom. The Hall–Kier alpha value is -1.64. The van der Waals surface area contributed by atoms with E-state index in [-0.39, 0.29) is 0 Å². The van der Waals surface area contributed by atoms with Gasteiger partial charge in [0.1, 0.15) is 0 Å². The third kappa shape index (κ3) is 6.79. The Morgan fingerprint density at radius 3 is 1.78 bits per heavy atom. The molecule has 2 rings (SSSR count). The molecule has 2 aromatic rings. The molecule has 0 bridgehead atoms. The summed E-state index contributed by atoms with van der Waals surface area (Å²) in [6.45, 7) is 14.8. The predicted molar refractivity (Wildman–Crippen MR) is 118 cm³/mol. The normalized spacial score (nSPS) is 13.9. The van der Waals surface area contributed by atoms with Gasteiger partial charge in [-0.05, 0) is 56.1 Å². The monoisotopic (exact) mass is 366 g/mol. The van der Waals surface area contributed by atoms with Gasteiger partial charge in [0.2, 0.25) is 0 Å². The molecule has 0 saturated carbocycles. The van der Waals surface area contributed by atoms with Gasteiger partial charge < -0.3 is 4.90 Å². The lowest BCUT2D eigenvalue weighted by atomic mass is 9.86. The first-order valence-electron chi connectivity index (χ1n) is 10.8. The van der Waals surface area contributed by atoms with E-state index in [4.69, 9.17) is 0 Å². The van der Waals surface area contributed by atoms with Crippen molar-refractivity contribution in [3.63, 3.8) is 0 Å². The zero-order valence-electron chi connectivity index (χ0n) is 17.8. The molecule has 148 valence electrons. The van der Waals surface area contributed by atoms with Crippen LogP contribution in [-0.4, -0.2) is 48.6 Å². The van der Waals surface area contributed by atoms with Gasteiger partial charge in [0, 0.05) is 12.6 Å². The first-order chi connectivity index (χ1) is 13.2. The second-order valence-electron chi connectivity index (χ2n) is 7.39. The van der Waals surface area contributed by atoms with Crippen molar-refractivity contribution in [1.29, 1.82) is 0 Å². The molecule has 2 nitrogen and oxygen atoms in total. The Morgan fingerprint density at radius 2 is 1.26 bits per heavy atom. The zero-order chi connectivity index (χ0) is 19.5. The van der Waals surface area contributed by atoms with Crippen LogP contribution in [0.1, 0.15) is 51.2 Å². The summed E-state index contributed by atoms with van der Waals surface area (Å²) < 4.78 is 0. The Kier molecular flexibility index (Phi) is 9.58. The molecule has 0 radical (unpaired) electrons. The molecular weight excluding hydrogens is 328 g/mol. The van der Waals surface area contributed by atoms with Gasteiger partial charge >= 0.3 is 0 Å². The standard InChI is InChI=1S/C25H38N2/c1-5-26(6-2)21-25(27(7-3)8-4)20-24(23-17-13-10-14-18-23)19-22-15-11-9-12-16-22/h9-18,24-25H,5-8,19-21H2,1-4H3. The fourth-order valence-corrected chi connectivity index (χ4v) is 4.15. The van der Waals surface area contributed by atoms with Crippen LogP contribution < -0.4 is 0 Å². The molecule has 2 unspecified atom stereocenters. The van der Waals surface area contributed by atoms with Crippen LogP contribution in [0.15, 0.2) is 60.7 Å². The van der Waals surface area contributed by atoms with E-state index >= 15 is 0 Å². The van der Waals surface area contributed by atoms with Crippen LogP contribution in [-0.2, 0) is 6.42 Å². The van der Waals surface area contributed by atoms with Crippen molar-refractivity contribution >= 4 is 0 Å². The summed E-state index contributed by atoms with van der Waals surface area (Å²) >= 11 is 0. The first kappa shape index (κ1) is 21.7. The van der Waals surface area contributed by atoms with E-state index < -0.39 is 0 Å². The number of nitrogens with zero attached hydrogens (tertiary/aromatic N) is 2. The first-order valence-corrected chi connectivity index (χ1v) is 10.8. The Labute approximate surface area is 167 Å².